The van der Waals surface area contributed by atoms with Crippen molar-refractivity contribution in [3.8, 4) is 0 Å². The molecule has 0 unspecified atom stereocenters. The number of halogens is 2. The van der Waals surface area contributed by atoms with Crippen LogP contribution in [0.2, 0.25) is 10.0 Å². The van der Waals surface area contributed by atoms with E-state index in [1.807, 2.05) is 18.2 Å². The number of carboxylic acids is 1. The van der Waals surface area contributed by atoms with Gasteiger partial charge in [-0.25, -0.2) is 0 Å². The minimum Gasteiger partial charge on any atom is -0.481 e. The molecule has 0 radical (unpaired) electrons. The Morgan fingerprint density at radius 3 is 2.59 bits per heavy atom. The molecular formula is C13H12Cl2O2. The van der Waals surface area contributed by atoms with Crippen molar-refractivity contribution < 1.29 is 9.90 Å². The summed E-state index contributed by atoms with van der Waals surface area (Å²) < 4.78 is 0. The van der Waals surface area contributed by atoms with Gasteiger partial charge in [0.1, 0.15) is 0 Å². The molecule has 0 amide bonds. The molecule has 0 aromatic heterocycles. The molecule has 0 spiro atoms. The maximum Gasteiger partial charge on any atom is 0.307 e. The Hall–Kier alpha value is -0.990. The molecule has 2 rings (SSSR count). The minimum atomic E-state index is -0.773. The van der Waals surface area contributed by atoms with Gasteiger partial charge in [-0.2, -0.15) is 0 Å². The summed E-state index contributed by atoms with van der Waals surface area (Å²) in [6, 6.07) is 5.24. The molecule has 0 fully saturated rings. The third kappa shape index (κ3) is 2.64. The fraction of sp³-hybridized carbons (Fsp3) is 0.308. The average molecular weight is 271 g/mol. The third-order valence-corrected chi connectivity index (χ3v) is 3.67. The van der Waals surface area contributed by atoms with Gasteiger partial charge in [0, 0.05) is 16.0 Å². The van der Waals surface area contributed by atoms with Crippen LogP contribution >= 0.6 is 23.2 Å². The van der Waals surface area contributed by atoms with E-state index in [2.05, 4.69) is 0 Å². The van der Waals surface area contributed by atoms with Crippen molar-refractivity contribution in [1.82, 2.24) is 0 Å². The molecule has 1 N–H and O–H groups in total. The van der Waals surface area contributed by atoms with Crippen LogP contribution in [0, 0.1) is 5.92 Å². The Kier molecular flexibility index (Phi) is 3.75. The first-order valence-corrected chi connectivity index (χ1v) is 6.18. The van der Waals surface area contributed by atoms with E-state index >= 15 is 0 Å². The Labute approximate surface area is 110 Å². The highest BCUT2D eigenvalue weighted by Crippen LogP contribution is 2.38. The van der Waals surface area contributed by atoms with Crippen LogP contribution < -0.4 is 0 Å². The summed E-state index contributed by atoms with van der Waals surface area (Å²) in [6.45, 7) is 0. The van der Waals surface area contributed by atoms with E-state index in [0.717, 1.165) is 5.56 Å². The third-order valence-electron chi connectivity index (χ3n) is 3.11. The number of benzene rings is 1. The van der Waals surface area contributed by atoms with Gasteiger partial charge in [-0.1, -0.05) is 41.4 Å². The average Bonchev–Trinajstić information content (AvgIpc) is 2.29. The molecule has 1 aliphatic carbocycles. The van der Waals surface area contributed by atoms with Gasteiger partial charge in [0.2, 0.25) is 0 Å². The summed E-state index contributed by atoms with van der Waals surface area (Å²) in [5, 5.41) is 10.3. The van der Waals surface area contributed by atoms with Gasteiger partial charge >= 0.3 is 5.97 Å². The quantitative estimate of drug-likeness (QED) is 0.821. The predicted octanol–water partition coefficient (Wildman–Crippen LogP) is 4.13. The van der Waals surface area contributed by atoms with Crippen molar-refractivity contribution >= 4 is 29.2 Å². The Morgan fingerprint density at radius 2 is 1.94 bits per heavy atom. The van der Waals surface area contributed by atoms with Gasteiger partial charge in [-0.15, -0.1) is 0 Å². The first-order chi connectivity index (χ1) is 8.09. The van der Waals surface area contributed by atoms with Gasteiger partial charge in [0.15, 0.2) is 0 Å². The number of rotatable bonds is 2. The Morgan fingerprint density at radius 1 is 1.24 bits per heavy atom. The topological polar surface area (TPSA) is 37.3 Å². The summed E-state index contributed by atoms with van der Waals surface area (Å²) in [5.41, 5.74) is 0.868. The summed E-state index contributed by atoms with van der Waals surface area (Å²) in [5.74, 6) is -1.24. The summed E-state index contributed by atoms with van der Waals surface area (Å²) >= 11 is 12.0. The van der Waals surface area contributed by atoms with E-state index in [1.54, 1.807) is 12.1 Å². The van der Waals surface area contributed by atoms with E-state index in [9.17, 15) is 9.90 Å². The largest absolute Gasteiger partial charge is 0.481 e. The number of aliphatic carboxylic acids is 1. The molecule has 1 aromatic rings. The molecule has 0 saturated heterocycles. The second-order valence-corrected chi connectivity index (χ2v) is 5.00. The number of carboxylic acid groups (broad SMARTS) is 1. The molecule has 0 bridgehead atoms. The van der Waals surface area contributed by atoms with Crippen LogP contribution in [0.3, 0.4) is 0 Å². The van der Waals surface area contributed by atoms with E-state index in [-0.39, 0.29) is 5.92 Å². The van der Waals surface area contributed by atoms with E-state index in [0.29, 0.717) is 22.9 Å². The lowest BCUT2D eigenvalue weighted by molar-refractivity contribution is -0.142. The molecule has 17 heavy (non-hydrogen) atoms. The van der Waals surface area contributed by atoms with E-state index in [1.165, 1.54) is 0 Å². The van der Waals surface area contributed by atoms with Crippen LogP contribution in [0.5, 0.6) is 0 Å². The highest BCUT2D eigenvalue weighted by Gasteiger charge is 2.30. The molecule has 0 aliphatic heterocycles. The maximum atomic E-state index is 11.2. The van der Waals surface area contributed by atoms with Crippen molar-refractivity contribution in [2.45, 2.75) is 18.8 Å². The zero-order valence-corrected chi connectivity index (χ0v) is 10.6. The van der Waals surface area contributed by atoms with E-state index in [4.69, 9.17) is 23.2 Å². The zero-order valence-electron chi connectivity index (χ0n) is 9.07. The minimum absolute atomic E-state index is 0.0673. The van der Waals surface area contributed by atoms with Gasteiger partial charge in [0.25, 0.3) is 0 Å². The lowest BCUT2D eigenvalue weighted by atomic mass is 9.78. The second kappa shape index (κ2) is 5.11. The first kappa shape index (κ1) is 12.5. The van der Waals surface area contributed by atoms with Crippen LogP contribution in [0.1, 0.15) is 24.3 Å². The van der Waals surface area contributed by atoms with Crippen molar-refractivity contribution in [2.75, 3.05) is 0 Å². The molecule has 0 saturated carbocycles. The SMILES string of the molecule is O=C(O)[C@H]1CC=CC[C@@H]1c1ccc(Cl)cc1Cl. The molecule has 1 aromatic carbocycles. The molecular weight excluding hydrogens is 259 g/mol. The monoisotopic (exact) mass is 270 g/mol. The Bertz CT molecular complexity index is 468. The van der Waals surface area contributed by atoms with Gasteiger partial charge in [-0.3, -0.25) is 4.79 Å². The first-order valence-electron chi connectivity index (χ1n) is 5.42. The molecule has 1 aliphatic rings. The van der Waals surface area contributed by atoms with Gasteiger partial charge < -0.3 is 5.11 Å². The number of carbonyl (C=O) groups is 1. The number of allylic oxidation sites excluding steroid dienone is 2. The van der Waals surface area contributed by atoms with Crippen LogP contribution in [0.15, 0.2) is 30.4 Å². The molecule has 2 nitrogen and oxygen atoms in total. The van der Waals surface area contributed by atoms with Crippen LogP contribution in [0.4, 0.5) is 0 Å². The van der Waals surface area contributed by atoms with Crippen LogP contribution in [0.25, 0.3) is 0 Å². The highest BCUT2D eigenvalue weighted by molar-refractivity contribution is 6.35. The summed E-state index contributed by atoms with van der Waals surface area (Å²) in [7, 11) is 0. The zero-order chi connectivity index (χ0) is 12.4. The van der Waals surface area contributed by atoms with Gasteiger partial charge in [0.05, 0.1) is 5.92 Å². The van der Waals surface area contributed by atoms with Crippen LogP contribution in [-0.2, 0) is 4.79 Å². The smallest absolute Gasteiger partial charge is 0.307 e. The highest BCUT2D eigenvalue weighted by atomic mass is 35.5. The maximum absolute atomic E-state index is 11.2. The molecule has 0 heterocycles. The second-order valence-electron chi connectivity index (χ2n) is 4.16. The normalized spacial score (nSPS) is 23.6. The van der Waals surface area contributed by atoms with Gasteiger partial charge in [-0.05, 0) is 30.5 Å². The van der Waals surface area contributed by atoms with Crippen molar-refractivity contribution in [1.29, 1.82) is 0 Å². The fourth-order valence-electron chi connectivity index (χ4n) is 2.23. The number of hydrogen-bond donors (Lipinski definition) is 1. The standard InChI is InChI=1S/C13H12Cl2O2/c14-8-5-6-10(12(15)7-8)9-3-1-2-4-11(9)13(16)17/h1-2,5-7,9,11H,3-4H2,(H,16,17)/t9-,11+/m1/s1. The molecule has 90 valence electrons. The Balaban J connectivity index is 2.37. The summed E-state index contributed by atoms with van der Waals surface area (Å²) in [6.07, 6.45) is 5.19. The fourth-order valence-corrected chi connectivity index (χ4v) is 2.78. The van der Waals surface area contributed by atoms with Crippen molar-refractivity contribution in [3.63, 3.8) is 0 Å². The molecule has 2 atom stereocenters. The van der Waals surface area contributed by atoms with Crippen molar-refractivity contribution in [2.24, 2.45) is 5.92 Å². The lowest BCUT2D eigenvalue weighted by Crippen LogP contribution is -2.23. The number of hydrogen-bond acceptors (Lipinski definition) is 1. The van der Waals surface area contributed by atoms with Crippen molar-refractivity contribution in [3.05, 3.63) is 46.0 Å². The van der Waals surface area contributed by atoms with Crippen LogP contribution in [-0.4, -0.2) is 11.1 Å². The lowest BCUT2D eigenvalue weighted by Gasteiger charge is -2.26. The summed E-state index contributed by atoms with van der Waals surface area (Å²) in [4.78, 5) is 11.2. The predicted molar refractivity (Wildman–Crippen MR) is 68.7 cm³/mol. The van der Waals surface area contributed by atoms with E-state index < -0.39 is 11.9 Å². The molecule has 4 heteroatoms.